The summed E-state index contributed by atoms with van der Waals surface area (Å²) in [5.41, 5.74) is 7.85. The number of nitrogens with two attached hydrogens (primary N) is 1. The lowest BCUT2D eigenvalue weighted by Crippen LogP contribution is -2.17. The molecule has 0 atom stereocenters. The molecular formula is C16H17FN2O. The number of halogens is 1. The molecule has 3 nitrogen and oxygen atoms in total. The van der Waals surface area contributed by atoms with Crippen molar-refractivity contribution in [1.29, 1.82) is 0 Å². The summed E-state index contributed by atoms with van der Waals surface area (Å²) in [5.74, 6) is -0.636. The third-order valence-electron chi connectivity index (χ3n) is 3.04. The van der Waals surface area contributed by atoms with Gasteiger partial charge in [0, 0.05) is 12.1 Å². The fraction of sp³-hybridized carbons (Fsp3) is 0.188. The van der Waals surface area contributed by atoms with Crippen LogP contribution in [0.2, 0.25) is 0 Å². The maximum absolute atomic E-state index is 12.7. The van der Waals surface area contributed by atoms with E-state index < -0.39 is 5.91 Å². The Hall–Kier alpha value is -2.20. The zero-order chi connectivity index (χ0) is 14.4. The van der Waals surface area contributed by atoms with Gasteiger partial charge >= 0.3 is 0 Å². The molecule has 1 amide bonds. The Kier molecular flexibility index (Phi) is 4.85. The number of amides is 1. The van der Waals surface area contributed by atoms with E-state index in [0.717, 1.165) is 24.1 Å². The van der Waals surface area contributed by atoms with E-state index in [1.165, 1.54) is 12.1 Å². The first-order valence-corrected chi connectivity index (χ1v) is 6.49. The summed E-state index contributed by atoms with van der Waals surface area (Å²) in [6.07, 6.45) is 0.829. The Morgan fingerprint density at radius 1 is 1.10 bits per heavy atom. The second-order valence-electron chi connectivity index (χ2n) is 4.62. The molecule has 0 saturated carbocycles. The smallest absolute Gasteiger partial charge is 0.248 e. The Labute approximate surface area is 117 Å². The van der Waals surface area contributed by atoms with E-state index in [1.807, 2.05) is 12.1 Å². The van der Waals surface area contributed by atoms with Crippen LogP contribution in [0.1, 0.15) is 21.5 Å². The van der Waals surface area contributed by atoms with Crippen molar-refractivity contribution in [2.45, 2.75) is 13.0 Å². The quantitative estimate of drug-likeness (QED) is 0.792. The van der Waals surface area contributed by atoms with Crippen LogP contribution < -0.4 is 11.1 Å². The molecule has 2 rings (SSSR count). The van der Waals surface area contributed by atoms with E-state index in [-0.39, 0.29) is 5.82 Å². The minimum atomic E-state index is -0.418. The van der Waals surface area contributed by atoms with Gasteiger partial charge in [-0.2, -0.15) is 0 Å². The summed E-state index contributed by atoms with van der Waals surface area (Å²) in [6.45, 7) is 1.45. The molecule has 0 radical (unpaired) electrons. The van der Waals surface area contributed by atoms with E-state index in [2.05, 4.69) is 5.32 Å². The average Bonchev–Trinajstić information content (AvgIpc) is 2.46. The molecule has 0 spiro atoms. The van der Waals surface area contributed by atoms with E-state index in [9.17, 15) is 9.18 Å². The molecule has 0 aromatic heterocycles. The normalized spacial score (nSPS) is 10.4. The minimum absolute atomic E-state index is 0.218. The van der Waals surface area contributed by atoms with Gasteiger partial charge in [-0.3, -0.25) is 4.79 Å². The highest BCUT2D eigenvalue weighted by Crippen LogP contribution is 2.05. The van der Waals surface area contributed by atoms with Gasteiger partial charge in [0.25, 0.3) is 0 Å². The van der Waals surface area contributed by atoms with Crippen LogP contribution in [0.15, 0.2) is 48.5 Å². The number of rotatable bonds is 6. The van der Waals surface area contributed by atoms with Gasteiger partial charge in [-0.15, -0.1) is 0 Å². The Balaban J connectivity index is 1.79. The van der Waals surface area contributed by atoms with Crippen molar-refractivity contribution >= 4 is 5.91 Å². The van der Waals surface area contributed by atoms with Crippen LogP contribution in [0.3, 0.4) is 0 Å². The van der Waals surface area contributed by atoms with Gasteiger partial charge < -0.3 is 11.1 Å². The fourth-order valence-corrected chi connectivity index (χ4v) is 1.95. The van der Waals surface area contributed by atoms with E-state index in [4.69, 9.17) is 5.73 Å². The fourth-order valence-electron chi connectivity index (χ4n) is 1.95. The highest BCUT2D eigenvalue weighted by atomic mass is 19.1. The first-order valence-electron chi connectivity index (χ1n) is 6.49. The molecule has 0 fully saturated rings. The first-order chi connectivity index (χ1) is 9.65. The maximum Gasteiger partial charge on any atom is 0.248 e. The van der Waals surface area contributed by atoms with Crippen molar-refractivity contribution in [2.24, 2.45) is 5.73 Å². The molecule has 3 N–H and O–H groups in total. The molecule has 0 bridgehead atoms. The Morgan fingerprint density at radius 2 is 1.85 bits per heavy atom. The third kappa shape index (κ3) is 4.17. The van der Waals surface area contributed by atoms with Crippen LogP contribution in [0.4, 0.5) is 4.39 Å². The zero-order valence-corrected chi connectivity index (χ0v) is 11.1. The highest BCUT2D eigenvalue weighted by molar-refractivity contribution is 5.92. The molecular weight excluding hydrogens is 255 g/mol. The number of carbonyl (C=O) groups excluding carboxylic acids is 1. The minimum Gasteiger partial charge on any atom is -0.366 e. The van der Waals surface area contributed by atoms with Crippen LogP contribution in [-0.4, -0.2) is 12.5 Å². The second-order valence-corrected chi connectivity index (χ2v) is 4.62. The van der Waals surface area contributed by atoms with Gasteiger partial charge in [0.1, 0.15) is 5.82 Å². The Morgan fingerprint density at radius 3 is 2.55 bits per heavy atom. The lowest BCUT2D eigenvalue weighted by molar-refractivity contribution is 0.1000. The molecule has 104 valence electrons. The summed E-state index contributed by atoms with van der Waals surface area (Å²) >= 11 is 0. The van der Waals surface area contributed by atoms with Gasteiger partial charge in [0.2, 0.25) is 5.91 Å². The summed E-state index contributed by atoms with van der Waals surface area (Å²) in [7, 11) is 0. The number of nitrogens with one attached hydrogen (secondary N) is 1. The summed E-state index contributed by atoms with van der Waals surface area (Å²) in [4.78, 5) is 11.1. The van der Waals surface area contributed by atoms with Crippen molar-refractivity contribution in [3.63, 3.8) is 0 Å². The summed E-state index contributed by atoms with van der Waals surface area (Å²) < 4.78 is 12.7. The maximum atomic E-state index is 12.7. The lowest BCUT2D eigenvalue weighted by atomic mass is 10.1. The van der Waals surface area contributed by atoms with Gasteiger partial charge in [-0.1, -0.05) is 24.3 Å². The predicted molar refractivity (Wildman–Crippen MR) is 76.8 cm³/mol. The molecule has 2 aromatic rings. The number of benzene rings is 2. The van der Waals surface area contributed by atoms with E-state index in [1.54, 1.807) is 24.3 Å². The van der Waals surface area contributed by atoms with Crippen LogP contribution in [0.5, 0.6) is 0 Å². The molecule has 0 saturated heterocycles. The molecule has 0 aliphatic rings. The molecule has 0 unspecified atom stereocenters. The zero-order valence-electron chi connectivity index (χ0n) is 11.1. The van der Waals surface area contributed by atoms with Crippen LogP contribution >= 0.6 is 0 Å². The monoisotopic (exact) mass is 272 g/mol. The molecule has 0 aliphatic heterocycles. The molecule has 0 heterocycles. The van der Waals surface area contributed by atoms with E-state index >= 15 is 0 Å². The van der Waals surface area contributed by atoms with Gasteiger partial charge in [0.05, 0.1) is 0 Å². The highest BCUT2D eigenvalue weighted by Gasteiger charge is 2.01. The Bertz CT molecular complexity index is 581. The van der Waals surface area contributed by atoms with Crippen molar-refractivity contribution in [3.05, 3.63) is 71.0 Å². The van der Waals surface area contributed by atoms with Gasteiger partial charge in [-0.25, -0.2) is 4.39 Å². The van der Waals surface area contributed by atoms with Gasteiger partial charge in [-0.05, 0) is 48.4 Å². The van der Waals surface area contributed by atoms with Crippen LogP contribution in [-0.2, 0) is 13.0 Å². The van der Waals surface area contributed by atoms with Crippen LogP contribution in [0, 0.1) is 5.82 Å². The first kappa shape index (κ1) is 14.2. The van der Waals surface area contributed by atoms with Gasteiger partial charge in [0.15, 0.2) is 0 Å². The van der Waals surface area contributed by atoms with Crippen LogP contribution in [0.25, 0.3) is 0 Å². The predicted octanol–water partition coefficient (Wildman–Crippen LogP) is 2.26. The van der Waals surface area contributed by atoms with Crippen molar-refractivity contribution in [1.82, 2.24) is 5.32 Å². The summed E-state index contributed by atoms with van der Waals surface area (Å²) in [5, 5.41) is 3.29. The van der Waals surface area contributed by atoms with Crippen molar-refractivity contribution in [2.75, 3.05) is 6.54 Å². The standard InChI is InChI=1S/C16H17FN2O/c17-15-6-4-12(5-7-15)8-9-19-11-13-2-1-3-14(10-13)16(18)20/h1-7,10,19H,8-9,11H2,(H2,18,20). The second kappa shape index (κ2) is 6.82. The SMILES string of the molecule is NC(=O)c1cccc(CNCCc2ccc(F)cc2)c1. The number of hydrogen-bond acceptors (Lipinski definition) is 2. The molecule has 2 aromatic carbocycles. The largest absolute Gasteiger partial charge is 0.366 e. The number of carbonyl (C=O) groups is 1. The molecule has 0 aliphatic carbocycles. The average molecular weight is 272 g/mol. The number of hydrogen-bond donors (Lipinski definition) is 2. The molecule has 20 heavy (non-hydrogen) atoms. The van der Waals surface area contributed by atoms with E-state index in [0.29, 0.717) is 12.1 Å². The third-order valence-corrected chi connectivity index (χ3v) is 3.04. The molecule has 4 heteroatoms. The van der Waals surface area contributed by atoms with Crippen molar-refractivity contribution < 1.29 is 9.18 Å². The van der Waals surface area contributed by atoms with Crippen molar-refractivity contribution in [3.8, 4) is 0 Å². The summed E-state index contributed by atoms with van der Waals surface area (Å²) in [6, 6.07) is 13.7. The lowest BCUT2D eigenvalue weighted by Gasteiger charge is -2.06. The number of primary amides is 1. The topological polar surface area (TPSA) is 55.1 Å².